The Hall–Kier alpha value is -2.62. The quantitative estimate of drug-likeness (QED) is 0.735. The molecule has 0 aliphatic rings. The van der Waals surface area contributed by atoms with Crippen molar-refractivity contribution in [2.75, 3.05) is 14.2 Å². The van der Waals surface area contributed by atoms with Crippen molar-refractivity contribution in [1.29, 1.82) is 0 Å². The summed E-state index contributed by atoms with van der Waals surface area (Å²) >= 11 is 0. The first kappa shape index (κ1) is 13.4. The number of benzene rings is 1. The summed E-state index contributed by atoms with van der Waals surface area (Å²) in [6.07, 6.45) is 3.53. The molecule has 0 fully saturated rings. The van der Waals surface area contributed by atoms with E-state index in [0.29, 0.717) is 0 Å². The molecule has 0 radical (unpaired) electrons. The van der Waals surface area contributed by atoms with E-state index in [0.717, 1.165) is 39.2 Å². The standard InChI is InChI=1S/C17H16N2O2/c1-11-9-14(20-2)16(15(10-11)21-3)17-12-5-4-7-18-13(12)6-8-19-17/h4-10H,1-3H3. The van der Waals surface area contributed by atoms with E-state index in [1.807, 2.05) is 37.3 Å². The van der Waals surface area contributed by atoms with Crippen LogP contribution in [0.15, 0.2) is 42.7 Å². The first-order valence-corrected chi connectivity index (χ1v) is 6.67. The number of aromatic nitrogens is 2. The van der Waals surface area contributed by atoms with Crippen LogP contribution < -0.4 is 9.47 Å². The molecule has 0 spiro atoms. The molecule has 1 aromatic carbocycles. The average molecular weight is 280 g/mol. The lowest BCUT2D eigenvalue weighted by Gasteiger charge is -2.15. The van der Waals surface area contributed by atoms with Crippen LogP contribution in [0, 0.1) is 6.92 Å². The monoisotopic (exact) mass is 280 g/mol. The number of rotatable bonds is 3. The third-order valence-corrected chi connectivity index (χ3v) is 3.42. The Morgan fingerprint density at radius 3 is 2.29 bits per heavy atom. The van der Waals surface area contributed by atoms with E-state index in [-0.39, 0.29) is 0 Å². The summed E-state index contributed by atoms with van der Waals surface area (Å²) in [5.74, 6) is 1.49. The molecule has 0 aliphatic heterocycles. The molecule has 2 aromatic heterocycles. The zero-order chi connectivity index (χ0) is 14.8. The second-order valence-electron chi connectivity index (χ2n) is 4.77. The minimum absolute atomic E-state index is 0.746. The fourth-order valence-electron chi connectivity index (χ4n) is 2.48. The Kier molecular flexibility index (Phi) is 3.44. The van der Waals surface area contributed by atoms with Crippen molar-refractivity contribution < 1.29 is 9.47 Å². The molecule has 0 N–H and O–H groups in total. The molecule has 0 atom stereocenters. The highest BCUT2D eigenvalue weighted by Gasteiger charge is 2.17. The highest BCUT2D eigenvalue weighted by molar-refractivity contribution is 5.95. The Labute approximate surface area is 123 Å². The summed E-state index contributed by atoms with van der Waals surface area (Å²) in [6.45, 7) is 2.01. The Morgan fingerprint density at radius 1 is 0.905 bits per heavy atom. The van der Waals surface area contributed by atoms with Gasteiger partial charge in [-0.05, 0) is 42.8 Å². The topological polar surface area (TPSA) is 44.2 Å². The smallest absolute Gasteiger partial charge is 0.132 e. The number of hydrogen-bond donors (Lipinski definition) is 0. The van der Waals surface area contributed by atoms with Crippen molar-refractivity contribution in [1.82, 2.24) is 9.97 Å². The van der Waals surface area contributed by atoms with Crippen LogP contribution in [0.25, 0.3) is 22.2 Å². The van der Waals surface area contributed by atoms with Gasteiger partial charge in [0.2, 0.25) is 0 Å². The maximum atomic E-state index is 5.53. The van der Waals surface area contributed by atoms with E-state index in [9.17, 15) is 0 Å². The van der Waals surface area contributed by atoms with Gasteiger partial charge in [-0.2, -0.15) is 0 Å². The van der Waals surface area contributed by atoms with Crippen LogP contribution in [0.1, 0.15) is 5.56 Å². The predicted molar refractivity (Wildman–Crippen MR) is 82.8 cm³/mol. The summed E-state index contributed by atoms with van der Waals surface area (Å²) in [5.41, 5.74) is 3.64. The summed E-state index contributed by atoms with van der Waals surface area (Å²) in [7, 11) is 3.31. The number of methoxy groups -OCH3 is 2. The minimum atomic E-state index is 0.746. The van der Waals surface area contributed by atoms with Crippen molar-refractivity contribution >= 4 is 10.9 Å². The van der Waals surface area contributed by atoms with E-state index in [1.165, 1.54) is 0 Å². The highest BCUT2D eigenvalue weighted by atomic mass is 16.5. The van der Waals surface area contributed by atoms with Crippen LogP contribution >= 0.6 is 0 Å². The van der Waals surface area contributed by atoms with Gasteiger partial charge in [-0.15, -0.1) is 0 Å². The van der Waals surface area contributed by atoms with Crippen LogP contribution in [0.3, 0.4) is 0 Å². The molecule has 4 nitrogen and oxygen atoms in total. The van der Waals surface area contributed by atoms with Crippen molar-refractivity contribution in [2.24, 2.45) is 0 Å². The molecule has 106 valence electrons. The number of hydrogen-bond acceptors (Lipinski definition) is 4. The third kappa shape index (κ3) is 2.29. The van der Waals surface area contributed by atoms with Crippen LogP contribution in [0.5, 0.6) is 11.5 Å². The molecule has 3 aromatic rings. The molecule has 2 heterocycles. The molecule has 0 saturated heterocycles. The summed E-state index contributed by atoms with van der Waals surface area (Å²) < 4.78 is 11.1. The van der Waals surface area contributed by atoms with Crippen LogP contribution in [0.2, 0.25) is 0 Å². The summed E-state index contributed by atoms with van der Waals surface area (Å²) in [4.78, 5) is 8.90. The predicted octanol–water partition coefficient (Wildman–Crippen LogP) is 3.62. The van der Waals surface area contributed by atoms with Crippen LogP contribution in [-0.2, 0) is 0 Å². The highest BCUT2D eigenvalue weighted by Crippen LogP contribution is 2.40. The fourth-order valence-corrected chi connectivity index (χ4v) is 2.48. The van der Waals surface area contributed by atoms with Gasteiger partial charge in [0.25, 0.3) is 0 Å². The van der Waals surface area contributed by atoms with E-state index in [4.69, 9.17) is 9.47 Å². The van der Waals surface area contributed by atoms with Crippen molar-refractivity contribution in [3.63, 3.8) is 0 Å². The van der Waals surface area contributed by atoms with E-state index >= 15 is 0 Å². The molecule has 0 bridgehead atoms. The molecule has 3 rings (SSSR count). The lowest BCUT2D eigenvalue weighted by Crippen LogP contribution is -1.97. The lowest BCUT2D eigenvalue weighted by atomic mass is 10.0. The van der Waals surface area contributed by atoms with E-state index < -0.39 is 0 Å². The Bertz CT molecular complexity index is 769. The first-order chi connectivity index (χ1) is 10.2. The van der Waals surface area contributed by atoms with Crippen molar-refractivity contribution in [3.05, 3.63) is 48.3 Å². The van der Waals surface area contributed by atoms with E-state index in [2.05, 4.69) is 9.97 Å². The van der Waals surface area contributed by atoms with Crippen LogP contribution in [-0.4, -0.2) is 24.2 Å². The number of pyridine rings is 2. The molecule has 21 heavy (non-hydrogen) atoms. The first-order valence-electron chi connectivity index (χ1n) is 6.67. The molecule has 0 amide bonds. The molecule has 0 saturated carbocycles. The number of ether oxygens (including phenoxy) is 2. The second-order valence-corrected chi connectivity index (χ2v) is 4.77. The van der Waals surface area contributed by atoms with Crippen molar-refractivity contribution in [3.8, 4) is 22.8 Å². The van der Waals surface area contributed by atoms with Gasteiger partial charge in [0.05, 0.1) is 31.0 Å². The number of fused-ring (bicyclic) bond motifs is 1. The molecule has 0 unspecified atom stereocenters. The SMILES string of the molecule is COc1cc(C)cc(OC)c1-c1nccc2ncccc12. The van der Waals surface area contributed by atoms with Gasteiger partial charge in [0.15, 0.2) is 0 Å². The van der Waals surface area contributed by atoms with Gasteiger partial charge in [-0.25, -0.2) is 0 Å². The summed E-state index contributed by atoms with van der Waals surface area (Å²) in [6, 6.07) is 9.76. The molecule has 4 heteroatoms. The third-order valence-electron chi connectivity index (χ3n) is 3.42. The largest absolute Gasteiger partial charge is 0.496 e. The number of aryl methyl sites for hydroxylation is 1. The zero-order valence-corrected chi connectivity index (χ0v) is 12.3. The van der Waals surface area contributed by atoms with Gasteiger partial charge in [0.1, 0.15) is 11.5 Å². The van der Waals surface area contributed by atoms with Gasteiger partial charge in [-0.3, -0.25) is 9.97 Å². The number of nitrogens with zero attached hydrogens (tertiary/aromatic N) is 2. The average Bonchev–Trinajstić information content (AvgIpc) is 2.53. The minimum Gasteiger partial charge on any atom is -0.496 e. The van der Waals surface area contributed by atoms with Crippen molar-refractivity contribution in [2.45, 2.75) is 6.92 Å². The van der Waals surface area contributed by atoms with Gasteiger partial charge in [0, 0.05) is 17.8 Å². The van der Waals surface area contributed by atoms with Gasteiger partial charge < -0.3 is 9.47 Å². The molecular formula is C17H16N2O2. The summed E-state index contributed by atoms with van der Waals surface area (Å²) in [5, 5.41) is 0.973. The Balaban J connectivity index is 2.37. The van der Waals surface area contributed by atoms with Gasteiger partial charge in [-0.1, -0.05) is 0 Å². The lowest BCUT2D eigenvalue weighted by molar-refractivity contribution is 0.396. The van der Waals surface area contributed by atoms with E-state index in [1.54, 1.807) is 26.6 Å². The maximum Gasteiger partial charge on any atom is 0.132 e. The molecular weight excluding hydrogens is 264 g/mol. The van der Waals surface area contributed by atoms with Crippen LogP contribution in [0.4, 0.5) is 0 Å². The second kappa shape index (κ2) is 5.40. The Morgan fingerprint density at radius 2 is 1.62 bits per heavy atom. The normalized spacial score (nSPS) is 10.6. The zero-order valence-electron chi connectivity index (χ0n) is 12.3. The molecule has 0 aliphatic carbocycles. The van der Waals surface area contributed by atoms with Gasteiger partial charge >= 0.3 is 0 Å². The fraction of sp³-hybridized carbons (Fsp3) is 0.176. The maximum absolute atomic E-state index is 5.53.